The first kappa shape index (κ1) is 10.9. The number of rotatable bonds is 3. The van der Waals surface area contributed by atoms with Crippen LogP contribution in [0.5, 0.6) is 0 Å². The summed E-state index contributed by atoms with van der Waals surface area (Å²) in [5, 5.41) is 0. The molecule has 0 radical (unpaired) electrons. The van der Waals surface area contributed by atoms with Crippen LogP contribution in [0.15, 0.2) is 36.8 Å². The number of benzene rings is 1. The Morgan fingerprint density at radius 2 is 2.00 bits per heavy atom. The van der Waals surface area contributed by atoms with E-state index >= 15 is 0 Å². The fourth-order valence-corrected chi connectivity index (χ4v) is 1.80. The second kappa shape index (κ2) is 4.49. The zero-order chi connectivity index (χ0) is 11.5. The van der Waals surface area contributed by atoms with Crippen LogP contribution in [0.2, 0.25) is 0 Å². The third kappa shape index (κ3) is 1.99. The maximum absolute atomic E-state index is 6.19. The highest BCUT2D eigenvalue weighted by Gasteiger charge is 2.11. The summed E-state index contributed by atoms with van der Waals surface area (Å²) in [6.07, 6.45) is 4.65. The van der Waals surface area contributed by atoms with E-state index in [0.29, 0.717) is 0 Å². The predicted molar refractivity (Wildman–Crippen MR) is 65.1 cm³/mol. The Labute approximate surface area is 95.9 Å². The van der Waals surface area contributed by atoms with Crippen LogP contribution in [0.4, 0.5) is 0 Å². The minimum Gasteiger partial charge on any atom is -0.336 e. The summed E-state index contributed by atoms with van der Waals surface area (Å²) in [6.45, 7) is 2.15. The summed E-state index contributed by atoms with van der Waals surface area (Å²) in [5.74, 6) is 0. The van der Waals surface area contributed by atoms with Gasteiger partial charge in [-0.25, -0.2) is 4.98 Å². The quantitative estimate of drug-likeness (QED) is 0.851. The molecule has 2 rings (SSSR count). The Kier molecular flexibility index (Phi) is 3.06. The lowest BCUT2D eigenvalue weighted by molar-refractivity contribution is 0.745. The highest BCUT2D eigenvalue weighted by molar-refractivity contribution is 5.29. The molecule has 1 aromatic carbocycles. The van der Waals surface area contributed by atoms with Gasteiger partial charge in [-0.3, -0.25) is 0 Å². The van der Waals surface area contributed by atoms with Gasteiger partial charge in [0, 0.05) is 7.05 Å². The minimum atomic E-state index is -0.0987. The topological polar surface area (TPSA) is 43.8 Å². The lowest BCUT2D eigenvalue weighted by Gasteiger charge is -2.13. The summed E-state index contributed by atoms with van der Waals surface area (Å²) >= 11 is 0. The summed E-state index contributed by atoms with van der Waals surface area (Å²) < 4.78 is 1.96. The van der Waals surface area contributed by atoms with Crippen LogP contribution in [-0.4, -0.2) is 9.55 Å². The molecule has 0 amide bonds. The van der Waals surface area contributed by atoms with Gasteiger partial charge in [0.1, 0.15) is 0 Å². The minimum absolute atomic E-state index is 0.0987. The Hall–Kier alpha value is -1.61. The summed E-state index contributed by atoms with van der Waals surface area (Å²) in [4.78, 5) is 4.08. The van der Waals surface area contributed by atoms with E-state index in [9.17, 15) is 0 Å². The van der Waals surface area contributed by atoms with Crippen molar-refractivity contribution in [3.05, 3.63) is 53.6 Å². The van der Waals surface area contributed by atoms with Crippen LogP contribution in [0.3, 0.4) is 0 Å². The van der Waals surface area contributed by atoms with E-state index in [0.717, 1.165) is 17.7 Å². The van der Waals surface area contributed by atoms with Crippen molar-refractivity contribution in [2.24, 2.45) is 12.8 Å². The van der Waals surface area contributed by atoms with Crippen molar-refractivity contribution in [2.75, 3.05) is 0 Å². The second-order valence-electron chi connectivity index (χ2n) is 4.00. The molecular weight excluding hydrogens is 198 g/mol. The van der Waals surface area contributed by atoms with Crippen LogP contribution in [0.1, 0.15) is 29.8 Å². The maximum Gasteiger partial charge on any atom is 0.0946 e. The molecule has 0 fully saturated rings. The van der Waals surface area contributed by atoms with E-state index in [1.165, 1.54) is 5.56 Å². The number of hydrogen-bond donors (Lipinski definition) is 1. The molecule has 2 aromatic rings. The molecule has 0 aliphatic rings. The monoisotopic (exact) mass is 215 g/mol. The average Bonchev–Trinajstić information content (AvgIpc) is 2.75. The molecule has 0 bridgehead atoms. The fraction of sp³-hybridized carbons (Fsp3) is 0.308. The zero-order valence-corrected chi connectivity index (χ0v) is 9.72. The Morgan fingerprint density at radius 1 is 1.31 bits per heavy atom. The zero-order valence-electron chi connectivity index (χ0n) is 9.72. The standard InChI is InChI=1S/C13H17N3/c1-3-10-4-6-11(7-5-10)13(14)12-8-15-9-16(12)2/h4-9,13H,3,14H2,1-2H3. The van der Waals surface area contributed by atoms with Gasteiger partial charge in [-0.2, -0.15) is 0 Å². The van der Waals surface area contributed by atoms with E-state index in [4.69, 9.17) is 5.73 Å². The third-order valence-electron chi connectivity index (χ3n) is 2.92. The number of nitrogens with zero attached hydrogens (tertiary/aromatic N) is 2. The van der Waals surface area contributed by atoms with Crippen molar-refractivity contribution in [1.29, 1.82) is 0 Å². The van der Waals surface area contributed by atoms with Crippen LogP contribution in [0, 0.1) is 0 Å². The highest BCUT2D eigenvalue weighted by Crippen LogP contribution is 2.19. The van der Waals surface area contributed by atoms with Crippen molar-refractivity contribution in [2.45, 2.75) is 19.4 Å². The van der Waals surface area contributed by atoms with Crippen molar-refractivity contribution in [3.8, 4) is 0 Å². The molecule has 1 atom stereocenters. The van der Waals surface area contributed by atoms with Crippen molar-refractivity contribution >= 4 is 0 Å². The van der Waals surface area contributed by atoms with Crippen molar-refractivity contribution in [1.82, 2.24) is 9.55 Å². The Morgan fingerprint density at radius 3 is 2.50 bits per heavy atom. The molecule has 1 heterocycles. The molecule has 0 saturated heterocycles. The fourth-order valence-electron chi connectivity index (χ4n) is 1.80. The number of imidazole rings is 1. The molecule has 0 aliphatic carbocycles. The van der Waals surface area contributed by atoms with Crippen LogP contribution in [0.25, 0.3) is 0 Å². The van der Waals surface area contributed by atoms with Crippen LogP contribution in [-0.2, 0) is 13.5 Å². The SMILES string of the molecule is CCc1ccc(C(N)c2cncn2C)cc1. The van der Waals surface area contributed by atoms with Crippen molar-refractivity contribution < 1.29 is 0 Å². The molecule has 0 saturated carbocycles. The normalized spacial score (nSPS) is 12.7. The van der Waals surface area contributed by atoms with E-state index in [1.807, 2.05) is 17.8 Å². The number of hydrogen-bond acceptors (Lipinski definition) is 2. The van der Waals surface area contributed by atoms with Gasteiger partial charge in [-0.05, 0) is 17.5 Å². The smallest absolute Gasteiger partial charge is 0.0946 e. The maximum atomic E-state index is 6.19. The van der Waals surface area contributed by atoms with Gasteiger partial charge >= 0.3 is 0 Å². The van der Waals surface area contributed by atoms with E-state index in [-0.39, 0.29) is 6.04 Å². The third-order valence-corrected chi connectivity index (χ3v) is 2.92. The molecule has 0 aliphatic heterocycles. The summed E-state index contributed by atoms with van der Waals surface area (Å²) in [5.41, 5.74) is 9.68. The molecule has 1 unspecified atom stereocenters. The van der Waals surface area contributed by atoms with E-state index in [2.05, 4.69) is 36.2 Å². The van der Waals surface area contributed by atoms with Gasteiger partial charge in [0.2, 0.25) is 0 Å². The summed E-state index contributed by atoms with van der Waals surface area (Å²) in [7, 11) is 1.96. The Bertz CT molecular complexity index is 456. The number of aromatic nitrogens is 2. The van der Waals surface area contributed by atoms with Gasteiger partial charge in [0.05, 0.1) is 24.3 Å². The lowest BCUT2D eigenvalue weighted by atomic mass is 10.0. The second-order valence-corrected chi connectivity index (χ2v) is 4.00. The molecule has 3 heteroatoms. The molecule has 0 spiro atoms. The van der Waals surface area contributed by atoms with Gasteiger partial charge in [-0.15, -0.1) is 0 Å². The molecule has 2 N–H and O–H groups in total. The lowest BCUT2D eigenvalue weighted by Crippen LogP contribution is -2.15. The van der Waals surface area contributed by atoms with E-state index < -0.39 is 0 Å². The highest BCUT2D eigenvalue weighted by atomic mass is 15.0. The summed E-state index contributed by atoms with van der Waals surface area (Å²) in [6, 6.07) is 8.35. The first-order valence-electron chi connectivity index (χ1n) is 5.53. The predicted octanol–water partition coefficient (Wildman–Crippen LogP) is 2.03. The Balaban J connectivity index is 2.27. The van der Waals surface area contributed by atoms with Crippen LogP contribution < -0.4 is 5.73 Å². The average molecular weight is 215 g/mol. The number of aryl methyl sites for hydroxylation is 2. The van der Waals surface area contributed by atoms with Gasteiger partial charge in [0.15, 0.2) is 0 Å². The molecule has 84 valence electrons. The molecule has 16 heavy (non-hydrogen) atoms. The van der Waals surface area contributed by atoms with Crippen LogP contribution >= 0.6 is 0 Å². The van der Waals surface area contributed by atoms with E-state index in [1.54, 1.807) is 6.33 Å². The largest absolute Gasteiger partial charge is 0.336 e. The van der Waals surface area contributed by atoms with Gasteiger partial charge in [0.25, 0.3) is 0 Å². The van der Waals surface area contributed by atoms with Crippen molar-refractivity contribution in [3.63, 3.8) is 0 Å². The first-order valence-corrected chi connectivity index (χ1v) is 5.53. The van der Waals surface area contributed by atoms with Gasteiger partial charge < -0.3 is 10.3 Å². The molecule has 1 aromatic heterocycles. The first-order chi connectivity index (χ1) is 7.72. The molecular formula is C13H17N3. The molecule has 3 nitrogen and oxygen atoms in total. The number of nitrogens with two attached hydrogens (primary N) is 1. The van der Waals surface area contributed by atoms with Gasteiger partial charge in [-0.1, -0.05) is 31.2 Å².